The molecule has 0 atom stereocenters. The molecule has 0 saturated carbocycles. The quantitative estimate of drug-likeness (QED) is 0.478. The topological polar surface area (TPSA) is 122 Å². The lowest BCUT2D eigenvalue weighted by Gasteiger charge is -2.20. The second-order valence-corrected chi connectivity index (χ2v) is 9.84. The van der Waals surface area contributed by atoms with E-state index in [1.165, 1.54) is 22.5 Å². The normalized spacial score (nSPS) is 15.1. The van der Waals surface area contributed by atoms with E-state index in [0.29, 0.717) is 24.3 Å². The second-order valence-electron chi connectivity index (χ2n) is 7.90. The summed E-state index contributed by atoms with van der Waals surface area (Å²) in [6, 6.07) is 9.28. The molecule has 1 aliphatic rings. The largest absolute Gasteiger partial charge is 0.376 e. The SMILES string of the molecule is Cc1ccc([N+](=O)[O-])c(NC(=O)CNc2ccc(S(=O)(=O)N3CCCCCC3)cc2)c1C. The van der Waals surface area contributed by atoms with E-state index in [0.717, 1.165) is 31.2 Å². The number of carbonyl (C=O) groups is 1. The number of nitro benzene ring substituents is 1. The van der Waals surface area contributed by atoms with Gasteiger partial charge >= 0.3 is 0 Å². The number of sulfonamides is 1. The van der Waals surface area contributed by atoms with Crippen molar-refractivity contribution < 1.29 is 18.1 Å². The Labute approximate surface area is 188 Å². The summed E-state index contributed by atoms with van der Waals surface area (Å²) in [6.07, 6.45) is 3.82. The highest BCUT2D eigenvalue weighted by atomic mass is 32.2. The zero-order valence-electron chi connectivity index (χ0n) is 18.3. The number of hydrogen-bond donors (Lipinski definition) is 2. The Morgan fingerprint density at radius 1 is 1.03 bits per heavy atom. The lowest BCUT2D eigenvalue weighted by atomic mass is 10.1. The summed E-state index contributed by atoms with van der Waals surface area (Å²) in [5, 5.41) is 16.8. The molecule has 0 aliphatic carbocycles. The van der Waals surface area contributed by atoms with Crippen LogP contribution in [0.5, 0.6) is 0 Å². The third-order valence-electron chi connectivity index (χ3n) is 5.69. The minimum absolute atomic E-state index is 0.122. The van der Waals surface area contributed by atoms with Crippen LogP contribution in [0.4, 0.5) is 17.1 Å². The number of aryl methyl sites for hydroxylation is 1. The molecule has 0 radical (unpaired) electrons. The summed E-state index contributed by atoms with van der Waals surface area (Å²) in [4.78, 5) is 23.4. The van der Waals surface area contributed by atoms with E-state index in [1.807, 2.05) is 6.92 Å². The number of nitro groups is 1. The number of hydrogen-bond acceptors (Lipinski definition) is 6. The minimum Gasteiger partial charge on any atom is -0.376 e. The average molecular weight is 461 g/mol. The van der Waals surface area contributed by atoms with Crippen molar-refractivity contribution in [2.75, 3.05) is 30.3 Å². The van der Waals surface area contributed by atoms with Gasteiger partial charge in [-0.25, -0.2) is 8.42 Å². The van der Waals surface area contributed by atoms with Gasteiger partial charge in [0.2, 0.25) is 15.9 Å². The number of nitrogens with zero attached hydrogens (tertiary/aromatic N) is 2. The van der Waals surface area contributed by atoms with Gasteiger partial charge in [-0.1, -0.05) is 18.9 Å². The molecule has 1 amide bonds. The fourth-order valence-electron chi connectivity index (χ4n) is 3.65. The minimum atomic E-state index is -3.53. The Morgan fingerprint density at radius 3 is 2.25 bits per heavy atom. The molecule has 1 saturated heterocycles. The van der Waals surface area contributed by atoms with Gasteiger partial charge in [0.05, 0.1) is 16.4 Å². The Kier molecular flexibility index (Phi) is 7.47. The number of rotatable bonds is 7. The zero-order valence-corrected chi connectivity index (χ0v) is 19.1. The van der Waals surface area contributed by atoms with E-state index in [1.54, 1.807) is 25.1 Å². The molecule has 0 spiro atoms. The number of nitrogens with one attached hydrogen (secondary N) is 2. The van der Waals surface area contributed by atoms with Crippen molar-refractivity contribution in [2.45, 2.75) is 44.4 Å². The van der Waals surface area contributed by atoms with E-state index in [9.17, 15) is 23.3 Å². The van der Waals surface area contributed by atoms with Crippen LogP contribution in [-0.4, -0.2) is 43.2 Å². The number of anilines is 2. The van der Waals surface area contributed by atoms with Crippen LogP contribution in [0.3, 0.4) is 0 Å². The molecule has 10 heteroatoms. The predicted molar refractivity (Wildman–Crippen MR) is 123 cm³/mol. The van der Waals surface area contributed by atoms with Crippen LogP contribution in [0.25, 0.3) is 0 Å². The van der Waals surface area contributed by atoms with Crippen molar-refractivity contribution in [3.05, 3.63) is 57.6 Å². The lowest BCUT2D eigenvalue weighted by molar-refractivity contribution is -0.384. The van der Waals surface area contributed by atoms with Crippen molar-refractivity contribution in [2.24, 2.45) is 0 Å². The van der Waals surface area contributed by atoms with E-state index in [-0.39, 0.29) is 22.8 Å². The third kappa shape index (κ3) is 5.43. The smallest absolute Gasteiger partial charge is 0.293 e. The van der Waals surface area contributed by atoms with E-state index in [2.05, 4.69) is 10.6 Å². The van der Waals surface area contributed by atoms with Crippen molar-refractivity contribution in [1.82, 2.24) is 4.31 Å². The van der Waals surface area contributed by atoms with Gasteiger partial charge in [0.1, 0.15) is 5.69 Å². The van der Waals surface area contributed by atoms with E-state index >= 15 is 0 Å². The van der Waals surface area contributed by atoms with Gasteiger partial charge in [-0.05, 0) is 62.1 Å². The van der Waals surface area contributed by atoms with Gasteiger partial charge in [0.15, 0.2) is 0 Å². The highest BCUT2D eigenvalue weighted by Crippen LogP contribution is 2.30. The van der Waals surface area contributed by atoms with Crippen molar-refractivity contribution in [3.63, 3.8) is 0 Å². The molecule has 2 N–H and O–H groups in total. The van der Waals surface area contributed by atoms with E-state index < -0.39 is 20.9 Å². The summed E-state index contributed by atoms with van der Waals surface area (Å²) in [5.74, 6) is -0.442. The Bertz CT molecular complexity index is 1090. The summed E-state index contributed by atoms with van der Waals surface area (Å²) >= 11 is 0. The molecular weight excluding hydrogens is 432 g/mol. The summed E-state index contributed by atoms with van der Waals surface area (Å²) in [7, 11) is -3.53. The molecule has 0 unspecified atom stereocenters. The van der Waals surface area contributed by atoms with Crippen molar-refractivity contribution in [1.29, 1.82) is 0 Å². The molecule has 1 aliphatic heterocycles. The summed E-state index contributed by atoms with van der Waals surface area (Å²) in [5.41, 5.74) is 2.06. The van der Waals surface area contributed by atoms with Crippen LogP contribution in [0, 0.1) is 24.0 Å². The average Bonchev–Trinajstić information content (AvgIpc) is 3.06. The molecule has 2 aromatic carbocycles. The van der Waals surface area contributed by atoms with Crippen LogP contribution in [0.15, 0.2) is 41.3 Å². The maximum atomic E-state index is 12.9. The predicted octanol–water partition coefficient (Wildman–Crippen LogP) is 3.83. The molecule has 1 fully saturated rings. The van der Waals surface area contributed by atoms with Crippen molar-refractivity contribution in [3.8, 4) is 0 Å². The van der Waals surface area contributed by atoms with Gasteiger partial charge in [-0.2, -0.15) is 4.31 Å². The molecule has 1 heterocycles. The molecule has 3 rings (SSSR count). The zero-order chi connectivity index (χ0) is 23.3. The van der Waals surface area contributed by atoms with E-state index in [4.69, 9.17) is 0 Å². The highest BCUT2D eigenvalue weighted by Gasteiger charge is 2.25. The molecular formula is C22H28N4O5S. The number of amides is 1. The van der Waals surface area contributed by atoms with Gasteiger partial charge in [-0.3, -0.25) is 14.9 Å². The lowest BCUT2D eigenvalue weighted by Crippen LogP contribution is -2.31. The molecule has 9 nitrogen and oxygen atoms in total. The first-order valence-electron chi connectivity index (χ1n) is 10.6. The summed E-state index contributed by atoms with van der Waals surface area (Å²) < 4.78 is 27.2. The van der Waals surface area contributed by atoms with Crippen LogP contribution in [0.1, 0.15) is 36.8 Å². The van der Waals surface area contributed by atoms with Gasteiger partial charge in [0.25, 0.3) is 5.69 Å². The monoisotopic (exact) mass is 460 g/mol. The Morgan fingerprint density at radius 2 is 1.66 bits per heavy atom. The highest BCUT2D eigenvalue weighted by molar-refractivity contribution is 7.89. The fourth-order valence-corrected chi connectivity index (χ4v) is 5.17. The first-order chi connectivity index (χ1) is 15.2. The standard InChI is InChI=1S/C22H28N4O5S/c1-16-7-12-20(26(28)29)22(17(16)2)24-21(27)15-23-18-8-10-19(11-9-18)32(30,31)25-13-5-3-4-6-14-25/h7-12,23H,3-6,13-15H2,1-2H3,(H,24,27). The number of benzene rings is 2. The van der Waals surface area contributed by atoms with Crippen LogP contribution in [-0.2, 0) is 14.8 Å². The fraction of sp³-hybridized carbons (Fsp3) is 0.409. The van der Waals surface area contributed by atoms with Crippen LogP contribution in [0.2, 0.25) is 0 Å². The van der Waals surface area contributed by atoms with Crippen LogP contribution >= 0.6 is 0 Å². The number of carbonyl (C=O) groups excluding carboxylic acids is 1. The maximum absolute atomic E-state index is 12.9. The Balaban J connectivity index is 1.64. The van der Waals surface area contributed by atoms with Gasteiger partial charge in [0, 0.05) is 24.8 Å². The van der Waals surface area contributed by atoms with Crippen molar-refractivity contribution >= 4 is 33.0 Å². The molecule has 0 bridgehead atoms. The van der Waals surface area contributed by atoms with Gasteiger partial charge in [-0.15, -0.1) is 0 Å². The first kappa shape index (κ1) is 23.7. The molecule has 0 aromatic heterocycles. The Hall–Kier alpha value is -2.98. The molecule has 32 heavy (non-hydrogen) atoms. The molecule has 2 aromatic rings. The van der Waals surface area contributed by atoms with Crippen LogP contribution < -0.4 is 10.6 Å². The first-order valence-corrected chi connectivity index (χ1v) is 12.0. The van der Waals surface area contributed by atoms with Gasteiger partial charge < -0.3 is 10.6 Å². The summed E-state index contributed by atoms with van der Waals surface area (Å²) in [6.45, 7) is 4.48. The third-order valence-corrected chi connectivity index (χ3v) is 7.60. The maximum Gasteiger partial charge on any atom is 0.293 e. The molecule has 172 valence electrons. The second kappa shape index (κ2) is 10.1.